The number of hydrogen-bond acceptors (Lipinski definition) is 4. The summed E-state index contributed by atoms with van der Waals surface area (Å²) >= 11 is 1.31. The van der Waals surface area contributed by atoms with Gasteiger partial charge in [0.1, 0.15) is 5.75 Å². The third-order valence-corrected chi connectivity index (χ3v) is 4.09. The minimum atomic E-state index is -0.162. The standard InChI is InChI=1S/C17H14N2O2S/c1-11-4-2-3-5-14(11)18-17-19-16(21)15(22-17)10-12-6-8-13(20)9-7-12/h2-10,20H,1H3,(H,18,19,21)/b15-10+. The smallest absolute Gasteiger partial charge is 0.264 e. The molecule has 1 aliphatic rings. The lowest BCUT2D eigenvalue weighted by molar-refractivity contribution is -0.115. The number of aryl methyl sites for hydroxylation is 1. The van der Waals surface area contributed by atoms with Crippen molar-refractivity contribution in [2.75, 3.05) is 0 Å². The summed E-state index contributed by atoms with van der Waals surface area (Å²) in [5.41, 5.74) is 2.75. The third-order valence-electron chi connectivity index (χ3n) is 3.18. The number of rotatable bonds is 2. The second-order valence-electron chi connectivity index (χ2n) is 4.86. The zero-order chi connectivity index (χ0) is 15.5. The molecule has 0 aliphatic carbocycles. The quantitative estimate of drug-likeness (QED) is 0.833. The fourth-order valence-electron chi connectivity index (χ4n) is 2.00. The topological polar surface area (TPSA) is 61.7 Å². The Morgan fingerprint density at radius 3 is 2.59 bits per heavy atom. The van der Waals surface area contributed by atoms with E-state index >= 15 is 0 Å². The van der Waals surface area contributed by atoms with Crippen LogP contribution in [0, 0.1) is 6.92 Å². The van der Waals surface area contributed by atoms with Crippen LogP contribution in [0.2, 0.25) is 0 Å². The predicted octanol–water partition coefficient (Wildman–Crippen LogP) is 3.59. The molecule has 1 heterocycles. The van der Waals surface area contributed by atoms with Gasteiger partial charge in [-0.3, -0.25) is 4.79 Å². The molecule has 4 nitrogen and oxygen atoms in total. The van der Waals surface area contributed by atoms with E-state index in [9.17, 15) is 9.90 Å². The Morgan fingerprint density at radius 1 is 1.14 bits per heavy atom. The van der Waals surface area contributed by atoms with Crippen molar-refractivity contribution in [2.45, 2.75) is 6.92 Å². The number of hydrogen-bond donors (Lipinski definition) is 2. The van der Waals surface area contributed by atoms with Crippen LogP contribution in [-0.4, -0.2) is 16.2 Å². The van der Waals surface area contributed by atoms with Gasteiger partial charge in [0.2, 0.25) is 0 Å². The lowest BCUT2D eigenvalue weighted by Crippen LogP contribution is -2.19. The van der Waals surface area contributed by atoms with Crippen LogP contribution in [0.4, 0.5) is 5.69 Å². The Bertz CT molecular complexity index is 780. The van der Waals surface area contributed by atoms with Crippen molar-refractivity contribution in [3.8, 4) is 5.75 Å². The minimum Gasteiger partial charge on any atom is -0.508 e. The van der Waals surface area contributed by atoms with E-state index < -0.39 is 0 Å². The van der Waals surface area contributed by atoms with E-state index in [4.69, 9.17) is 0 Å². The number of thioether (sulfide) groups is 1. The average Bonchev–Trinajstić information content (AvgIpc) is 2.84. The van der Waals surface area contributed by atoms with E-state index in [-0.39, 0.29) is 11.7 Å². The van der Waals surface area contributed by atoms with E-state index in [2.05, 4.69) is 10.3 Å². The molecule has 1 fully saturated rings. The summed E-state index contributed by atoms with van der Waals surface area (Å²) < 4.78 is 0. The molecule has 2 aromatic carbocycles. The highest BCUT2D eigenvalue weighted by molar-refractivity contribution is 8.18. The second kappa shape index (κ2) is 6.07. The van der Waals surface area contributed by atoms with Crippen LogP contribution in [0.15, 0.2) is 58.4 Å². The maximum Gasteiger partial charge on any atom is 0.264 e. The highest BCUT2D eigenvalue weighted by Crippen LogP contribution is 2.29. The van der Waals surface area contributed by atoms with Gasteiger partial charge in [-0.15, -0.1) is 0 Å². The first-order chi connectivity index (χ1) is 10.6. The summed E-state index contributed by atoms with van der Waals surface area (Å²) in [6.45, 7) is 1.98. The number of para-hydroxylation sites is 1. The van der Waals surface area contributed by atoms with Crippen molar-refractivity contribution in [1.82, 2.24) is 5.32 Å². The molecule has 3 rings (SSSR count). The van der Waals surface area contributed by atoms with Gasteiger partial charge in [0.25, 0.3) is 5.91 Å². The molecule has 110 valence electrons. The molecule has 0 aromatic heterocycles. The van der Waals surface area contributed by atoms with Crippen LogP contribution >= 0.6 is 11.8 Å². The molecule has 1 aliphatic heterocycles. The Balaban J connectivity index is 1.84. The van der Waals surface area contributed by atoms with Gasteiger partial charge in [-0.05, 0) is 54.1 Å². The third kappa shape index (κ3) is 3.20. The molecule has 0 unspecified atom stereocenters. The molecule has 0 saturated carbocycles. The Hall–Kier alpha value is -2.53. The largest absolute Gasteiger partial charge is 0.508 e. The van der Waals surface area contributed by atoms with Crippen LogP contribution in [0.5, 0.6) is 5.75 Å². The van der Waals surface area contributed by atoms with E-state index in [0.29, 0.717) is 10.1 Å². The van der Waals surface area contributed by atoms with E-state index in [1.165, 1.54) is 11.8 Å². The fraction of sp³-hybridized carbons (Fsp3) is 0.0588. The first-order valence-electron chi connectivity index (χ1n) is 6.76. The molecule has 0 spiro atoms. The number of amidine groups is 1. The molecule has 2 N–H and O–H groups in total. The van der Waals surface area contributed by atoms with E-state index in [1.54, 1.807) is 30.3 Å². The molecular formula is C17H14N2O2S. The van der Waals surface area contributed by atoms with Gasteiger partial charge in [0, 0.05) is 0 Å². The van der Waals surface area contributed by atoms with E-state index in [0.717, 1.165) is 16.8 Å². The highest BCUT2D eigenvalue weighted by atomic mass is 32.2. The molecule has 0 atom stereocenters. The zero-order valence-corrected chi connectivity index (χ0v) is 12.7. The Kier molecular flexibility index (Phi) is 3.98. The van der Waals surface area contributed by atoms with Crippen molar-refractivity contribution in [3.63, 3.8) is 0 Å². The van der Waals surface area contributed by atoms with Crippen molar-refractivity contribution in [1.29, 1.82) is 0 Å². The summed E-state index contributed by atoms with van der Waals surface area (Å²) in [4.78, 5) is 17.1. The van der Waals surface area contributed by atoms with Crippen LogP contribution in [0.3, 0.4) is 0 Å². The van der Waals surface area contributed by atoms with Gasteiger partial charge in [0.15, 0.2) is 5.17 Å². The Labute approximate surface area is 132 Å². The first-order valence-corrected chi connectivity index (χ1v) is 7.58. The first kappa shape index (κ1) is 14.4. The molecular weight excluding hydrogens is 296 g/mol. The van der Waals surface area contributed by atoms with Crippen molar-refractivity contribution < 1.29 is 9.90 Å². The minimum absolute atomic E-state index is 0.162. The van der Waals surface area contributed by atoms with E-state index in [1.807, 2.05) is 31.2 Å². The number of benzene rings is 2. The number of carbonyl (C=O) groups excluding carboxylic acids is 1. The molecule has 5 heteroatoms. The normalized spacial score (nSPS) is 18.0. The van der Waals surface area contributed by atoms with Gasteiger partial charge < -0.3 is 10.4 Å². The second-order valence-corrected chi connectivity index (χ2v) is 5.89. The van der Waals surface area contributed by atoms with Crippen molar-refractivity contribution in [2.24, 2.45) is 4.99 Å². The number of amides is 1. The average molecular weight is 310 g/mol. The number of aliphatic imine (C=N–C) groups is 1. The maximum absolute atomic E-state index is 12.0. The number of phenolic OH excluding ortho intramolecular Hbond substituents is 1. The number of carbonyl (C=O) groups is 1. The number of nitrogens with one attached hydrogen (secondary N) is 1. The lowest BCUT2D eigenvalue weighted by atomic mass is 10.2. The highest BCUT2D eigenvalue weighted by Gasteiger charge is 2.23. The van der Waals surface area contributed by atoms with Gasteiger partial charge in [-0.2, -0.15) is 0 Å². The fourth-order valence-corrected chi connectivity index (χ4v) is 2.84. The van der Waals surface area contributed by atoms with Crippen LogP contribution in [0.25, 0.3) is 6.08 Å². The monoisotopic (exact) mass is 310 g/mol. The van der Waals surface area contributed by atoms with Crippen molar-refractivity contribution in [3.05, 3.63) is 64.6 Å². The molecule has 0 bridgehead atoms. The molecule has 2 aromatic rings. The molecule has 1 amide bonds. The molecule has 1 saturated heterocycles. The number of aromatic hydroxyl groups is 1. The maximum atomic E-state index is 12.0. The van der Waals surface area contributed by atoms with Crippen LogP contribution < -0.4 is 5.32 Å². The summed E-state index contributed by atoms with van der Waals surface area (Å²) in [6, 6.07) is 14.5. The van der Waals surface area contributed by atoms with Crippen molar-refractivity contribution >= 4 is 34.6 Å². The number of nitrogens with zero attached hydrogens (tertiary/aromatic N) is 1. The summed E-state index contributed by atoms with van der Waals surface area (Å²) in [5.74, 6) is 0.0397. The summed E-state index contributed by atoms with van der Waals surface area (Å²) in [7, 11) is 0. The van der Waals surface area contributed by atoms with Gasteiger partial charge in [-0.1, -0.05) is 30.3 Å². The predicted molar refractivity (Wildman–Crippen MR) is 90.1 cm³/mol. The summed E-state index contributed by atoms with van der Waals surface area (Å²) in [6.07, 6.45) is 1.78. The van der Waals surface area contributed by atoms with Gasteiger partial charge in [0.05, 0.1) is 10.6 Å². The van der Waals surface area contributed by atoms with Crippen LogP contribution in [-0.2, 0) is 4.79 Å². The SMILES string of the molecule is Cc1ccccc1N=C1NC(=O)/C(=C\c2ccc(O)cc2)S1. The zero-order valence-electron chi connectivity index (χ0n) is 11.9. The molecule has 22 heavy (non-hydrogen) atoms. The van der Waals surface area contributed by atoms with Gasteiger partial charge in [-0.25, -0.2) is 4.99 Å². The van der Waals surface area contributed by atoms with Crippen LogP contribution in [0.1, 0.15) is 11.1 Å². The Morgan fingerprint density at radius 2 is 1.86 bits per heavy atom. The summed E-state index contributed by atoms with van der Waals surface area (Å²) in [5, 5.41) is 12.6. The number of phenols is 1. The molecule has 0 radical (unpaired) electrons. The lowest BCUT2D eigenvalue weighted by Gasteiger charge is -1.99. The van der Waals surface area contributed by atoms with Gasteiger partial charge >= 0.3 is 0 Å².